The number of aliphatic hydroxyl groups is 1. The average molecular weight is 314 g/mol. The number of esters is 2. The van der Waals surface area contributed by atoms with Crippen molar-refractivity contribution in [1.82, 2.24) is 0 Å². The van der Waals surface area contributed by atoms with E-state index in [-0.39, 0.29) is 30.3 Å². The topological polar surface area (TPSA) is 110 Å². The number of methoxy groups -OCH3 is 1. The average Bonchev–Trinajstić information content (AvgIpc) is 2.46. The summed E-state index contributed by atoms with van der Waals surface area (Å²) in [7, 11) is 1.33. The minimum Gasteiger partial charge on any atom is -0.478 e. The Morgan fingerprint density at radius 1 is 1.14 bits per heavy atom. The number of aliphatic hydroxyl groups excluding tert-OH is 1. The van der Waals surface area contributed by atoms with E-state index in [0.717, 1.165) is 6.08 Å². The number of hydrogen-bond acceptors (Lipinski definition) is 6. The van der Waals surface area contributed by atoms with Crippen LogP contribution >= 0.6 is 0 Å². The third-order valence-electron chi connectivity index (χ3n) is 2.06. The maximum Gasteiger partial charge on any atom is 0.337 e. The van der Waals surface area contributed by atoms with E-state index in [1.807, 2.05) is 0 Å². The summed E-state index contributed by atoms with van der Waals surface area (Å²) in [6.45, 7) is 9.71. The van der Waals surface area contributed by atoms with Crippen LogP contribution in [0.4, 0.5) is 0 Å². The van der Waals surface area contributed by atoms with Crippen LogP contribution in [0.1, 0.15) is 20.3 Å². The van der Waals surface area contributed by atoms with Gasteiger partial charge in [0, 0.05) is 24.2 Å². The summed E-state index contributed by atoms with van der Waals surface area (Å²) in [5.41, 5.74) is 0.425. The number of carbonyl (C=O) groups excluding carboxylic acids is 2. The fraction of sp³-hybridized carbons (Fsp3) is 0.400. The van der Waals surface area contributed by atoms with E-state index in [0.29, 0.717) is 12.0 Å². The minimum atomic E-state index is -1.11. The van der Waals surface area contributed by atoms with Crippen molar-refractivity contribution >= 4 is 17.9 Å². The Morgan fingerprint density at radius 3 is 2.00 bits per heavy atom. The molecule has 0 rings (SSSR count). The zero-order chi connectivity index (χ0) is 17.7. The van der Waals surface area contributed by atoms with E-state index in [4.69, 9.17) is 10.2 Å². The monoisotopic (exact) mass is 314 g/mol. The number of rotatable bonds is 7. The summed E-state index contributed by atoms with van der Waals surface area (Å²) in [5, 5.41) is 17.0. The molecule has 0 unspecified atom stereocenters. The first-order valence-electron chi connectivity index (χ1n) is 6.29. The number of hydrogen-bond donors (Lipinski definition) is 2. The standard InChI is InChI=1S/C10H14O5.C5H8O2/c1-7(9(12)13)6-8(2)10(14)15-5-3-4-11;1-4(2)5(6)7-3/h6,11H,2-5H2,1H3,(H,12,13);1H2,2-3H3. The molecule has 0 aromatic rings. The van der Waals surface area contributed by atoms with Crippen molar-refractivity contribution in [2.75, 3.05) is 20.3 Å². The van der Waals surface area contributed by atoms with Gasteiger partial charge in [0.05, 0.1) is 19.3 Å². The maximum absolute atomic E-state index is 11.1. The van der Waals surface area contributed by atoms with Crippen molar-refractivity contribution in [3.8, 4) is 0 Å². The molecule has 0 fully saturated rings. The van der Waals surface area contributed by atoms with Gasteiger partial charge in [-0.1, -0.05) is 13.2 Å². The molecule has 7 nitrogen and oxygen atoms in total. The van der Waals surface area contributed by atoms with E-state index in [1.165, 1.54) is 14.0 Å². The van der Waals surface area contributed by atoms with Gasteiger partial charge < -0.3 is 19.7 Å². The van der Waals surface area contributed by atoms with Crippen LogP contribution < -0.4 is 0 Å². The molecular weight excluding hydrogens is 292 g/mol. The Kier molecular flexibility index (Phi) is 12.3. The second-order valence-corrected chi connectivity index (χ2v) is 4.14. The lowest BCUT2D eigenvalue weighted by Gasteiger charge is -2.03. The zero-order valence-corrected chi connectivity index (χ0v) is 13.0. The van der Waals surface area contributed by atoms with Crippen molar-refractivity contribution in [3.63, 3.8) is 0 Å². The SMILES string of the molecule is C=C(C)C(=O)OC.C=C(C=C(C)C(=O)O)C(=O)OCCCO. The van der Waals surface area contributed by atoms with Crippen molar-refractivity contribution in [2.24, 2.45) is 0 Å². The number of ether oxygens (including phenoxy) is 2. The highest BCUT2D eigenvalue weighted by Gasteiger charge is 2.08. The number of aliphatic carboxylic acids is 1. The molecule has 0 aliphatic rings. The Balaban J connectivity index is 0. The fourth-order valence-corrected chi connectivity index (χ4v) is 0.878. The molecular formula is C15H22O7. The number of carboxylic acid groups (broad SMARTS) is 1. The molecule has 0 aromatic carbocycles. The molecule has 124 valence electrons. The molecule has 0 aliphatic carbocycles. The molecule has 0 bridgehead atoms. The molecule has 0 aromatic heterocycles. The van der Waals surface area contributed by atoms with Crippen LogP contribution in [-0.4, -0.2) is 48.4 Å². The lowest BCUT2D eigenvalue weighted by atomic mass is 10.2. The highest BCUT2D eigenvalue weighted by atomic mass is 16.5. The number of carbonyl (C=O) groups is 3. The molecule has 0 radical (unpaired) electrons. The van der Waals surface area contributed by atoms with E-state index in [2.05, 4.69) is 22.6 Å². The molecule has 0 spiro atoms. The van der Waals surface area contributed by atoms with Crippen LogP contribution in [0.3, 0.4) is 0 Å². The van der Waals surface area contributed by atoms with Gasteiger partial charge in [-0.2, -0.15) is 0 Å². The minimum absolute atomic E-state index is 0.0131. The fourth-order valence-electron chi connectivity index (χ4n) is 0.878. The Hall–Kier alpha value is -2.41. The predicted octanol–water partition coefficient (Wildman–Crippen LogP) is 1.23. The Bertz CT molecular complexity index is 461. The number of carboxylic acids is 1. The van der Waals surface area contributed by atoms with E-state index in [9.17, 15) is 14.4 Å². The lowest BCUT2D eigenvalue weighted by molar-refractivity contribution is -0.139. The third kappa shape index (κ3) is 11.4. The van der Waals surface area contributed by atoms with Crippen LogP contribution in [0.15, 0.2) is 36.0 Å². The van der Waals surface area contributed by atoms with Crippen molar-refractivity contribution in [3.05, 3.63) is 36.0 Å². The first-order valence-corrected chi connectivity index (χ1v) is 6.29. The van der Waals surface area contributed by atoms with E-state index < -0.39 is 11.9 Å². The normalized spacial score (nSPS) is 9.91. The predicted molar refractivity (Wildman–Crippen MR) is 80.0 cm³/mol. The van der Waals surface area contributed by atoms with Crippen LogP contribution in [0.5, 0.6) is 0 Å². The molecule has 7 heteroatoms. The van der Waals surface area contributed by atoms with Gasteiger partial charge in [-0.15, -0.1) is 0 Å². The van der Waals surface area contributed by atoms with E-state index >= 15 is 0 Å². The molecule has 0 aliphatic heterocycles. The van der Waals surface area contributed by atoms with Gasteiger partial charge in [0.15, 0.2) is 0 Å². The van der Waals surface area contributed by atoms with Gasteiger partial charge in [0.25, 0.3) is 0 Å². The van der Waals surface area contributed by atoms with Crippen molar-refractivity contribution < 1.29 is 34.1 Å². The van der Waals surface area contributed by atoms with Gasteiger partial charge in [-0.25, -0.2) is 14.4 Å². The molecule has 0 heterocycles. The molecule has 2 N–H and O–H groups in total. The second kappa shape index (κ2) is 12.3. The van der Waals surface area contributed by atoms with E-state index in [1.54, 1.807) is 6.92 Å². The van der Waals surface area contributed by atoms with Crippen LogP contribution in [0.25, 0.3) is 0 Å². The summed E-state index contributed by atoms with van der Waals surface area (Å²) >= 11 is 0. The molecule has 0 atom stereocenters. The summed E-state index contributed by atoms with van der Waals surface area (Å²) in [4.78, 5) is 31.7. The van der Waals surface area contributed by atoms with Crippen LogP contribution in [-0.2, 0) is 23.9 Å². The summed E-state index contributed by atoms with van der Waals surface area (Å²) in [6, 6.07) is 0. The lowest BCUT2D eigenvalue weighted by Crippen LogP contribution is -2.09. The third-order valence-corrected chi connectivity index (χ3v) is 2.06. The van der Waals surface area contributed by atoms with Crippen LogP contribution in [0.2, 0.25) is 0 Å². The zero-order valence-electron chi connectivity index (χ0n) is 13.0. The maximum atomic E-state index is 11.1. The van der Waals surface area contributed by atoms with Gasteiger partial charge >= 0.3 is 17.9 Å². The quantitative estimate of drug-likeness (QED) is 0.315. The summed E-state index contributed by atoms with van der Waals surface area (Å²) in [6.07, 6.45) is 1.49. The van der Waals surface area contributed by atoms with Gasteiger partial charge in [-0.3, -0.25) is 0 Å². The summed E-state index contributed by atoms with van der Waals surface area (Å²) in [5.74, 6) is -2.14. The molecule has 0 saturated carbocycles. The second-order valence-electron chi connectivity index (χ2n) is 4.14. The van der Waals surface area contributed by atoms with Crippen molar-refractivity contribution in [2.45, 2.75) is 20.3 Å². The highest BCUT2D eigenvalue weighted by Crippen LogP contribution is 2.03. The summed E-state index contributed by atoms with van der Waals surface area (Å²) < 4.78 is 8.96. The van der Waals surface area contributed by atoms with Gasteiger partial charge in [0.1, 0.15) is 0 Å². The highest BCUT2D eigenvalue weighted by molar-refractivity contribution is 5.94. The Labute approximate surface area is 129 Å². The van der Waals surface area contributed by atoms with Crippen molar-refractivity contribution in [1.29, 1.82) is 0 Å². The first kappa shape index (κ1) is 21.9. The Morgan fingerprint density at radius 2 is 1.68 bits per heavy atom. The molecule has 22 heavy (non-hydrogen) atoms. The first-order chi connectivity index (χ1) is 10.2. The van der Waals surface area contributed by atoms with Gasteiger partial charge in [0.2, 0.25) is 0 Å². The van der Waals surface area contributed by atoms with Gasteiger partial charge in [-0.05, 0) is 19.9 Å². The largest absolute Gasteiger partial charge is 0.478 e. The smallest absolute Gasteiger partial charge is 0.337 e. The van der Waals surface area contributed by atoms with Crippen LogP contribution in [0, 0.1) is 0 Å². The molecule has 0 saturated heterocycles. The molecule has 0 amide bonds.